The third-order valence-electron chi connectivity index (χ3n) is 0.431. The van der Waals surface area contributed by atoms with Gasteiger partial charge in [-0.25, -0.2) is 0 Å². The Balaban J connectivity index is 2.85. The molecule has 0 aromatic rings. The van der Waals surface area contributed by atoms with Crippen LogP contribution in [-0.2, 0) is 0 Å². The van der Waals surface area contributed by atoms with Crippen molar-refractivity contribution in [2.75, 3.05) is 0 Å². The molecule has 0 unspecified atom stereocenters. The summed E-state index contributed by atoms with van der Waals surface area (Å²) in [5.74, 6) is 0. The maximum Gasteiger partial charge on any atom is -0.00295 e. The third-order valence-corrected chi connectivity index (χ3v) is 0.431. The van der Waals surface area contributed by atoms with Gasteiger partial charge in [0.25, 0.3) is 0 Å². The molecule has 0 rings (SSSR count). The lowest BCUT2D eigenvalue weighted by molar-refractivity contribution is 1.29. The fraction of sp³-hybridized carbons (Fsp3) is 0.333. The average molecular weight is 80.1 g/mol. The molecule has 0 aromatic carbocycles. The molecule has 0 spiro atoms. The van der Waals surface area contributed by atoms with E-state index in [1.807, 2.05) is 13.0 Å². The fourth-order valence-corrected chi connectivity index (χ4v) is 0.174. The molecule has 32 valence electrons. The molecule has 0 saturated heterocycles. The van der Waals surface area contributed by atoms with Crippen LogP contribution in [0.5, 0.6) is 0 Å². The van der Waals surface area contributed by atoms with Gasteiger partial charge in [0.1, 0.15) is 0 Å². The molecule has 0 heteroatoms. The van der Waals surface area contributed by atoms with Crippen molar-refractivity contribution in [2.45, 2.75) is 13.3 Å². The van der Waals surface area contributed by atoms with E-state index in [0.717, 1.165) is 6.42 Å². The minimum atomic E-state index is 0.747. The molecule has 0 saturated carbocycles. The lowest BCUT2D eigenvalue weighted by Gasteiger charge is -1.67. The van der Waals surface area contributed by atoms with Crippen LogP contribution >= 0.6 is 0 Å². The summed E-state index contributed by atoms with van der Waals surface area (Å²) in [4.78, 5) is 0. The maximum absolute atomic E-state index is 3.39. The van der Waals surface area contributed by atoms with Crippen molar-refractivity contribution in [2.24, 2.45) is 0 Å². The monoisotopic (exact) mass is 80.1 g/mol. The third kappa shape index (κ3) is 3.48. The van der Waals surface area contributed by atoms with Crippen LogP contribution in [0.1, 0.15) is 13.3 Å². The summed E-state index contributed by atoms with van der Waals surface area (Å²) in [5.41, 5.74) is 0. The largest absolute Gasteiger partial charge is 0.0952 e. The second-order valence-corrected chi connectivity index (χ2v) is 0.920. The molecule has 0 fully saturated rings. The number of hydrogen-bond acceptors (Lipinski definition) is 0. The first-order valence-corrected chi connectivity index (χ1v) is 1.93. The lowest BCUT2D eigenvalue weighted by atomic mass is 10.4. The molecule has 0 aliphatic carbocycles. The first kappa shape index (κ1) is 5.48. The molecule has 0 aliphatic rings. The van der Waals surface area contributed by atoms with Crippen LogP contribution in [0.2, 0.25) is 0 Å². The molecule has 0 aromatic heterocycles. The van der Waals surface area contributed by atoms with E-state index in [1.165, 1.54) is 0 Å². The van der Waals surface area contributed by atoms with Crippen molar-refractivity contribution in [3.8, 4) is 0 Å². The maximum atomic E-state index is 3.39. The summed E-state index contributed by atoms with van der Waals surface area (Å²) >= 11 is 0. The Kier molecular flexibility index (Phi) is 4.09. The van der Waals surface area contributed by atoms with Crippen molar-refractivity contribution in [3.63, 3.8) is 0 Å². The molecule has 0 N–H and O–H groups in total. The topological polar surface area (TPSA) is 0 Å². The zero-order chi connectivity index (χ0) is 4.83. The summed E-state index contributed by atoms with van der Waals surface area (Å²) < 4.78 is 0. The highest BCUT2D eigenvalue weighted by molar-refractivity contribution is 4.71. The van der Waals surface area contributed by atoms with Gasteiger partial charge in [-0.1, -0.05) is 12.7 Å². The predicted molar refractivity (Wildman–Crippen MR) is 27.0 cm³/mol. The van der Waals surface area contributed by atoms with Gasteiger partial charge in [-0.3, -0.25) is 0 Å². The Morgan fingerprint density at radius 1 is 1.83 bits per heavy atom. The van der Waals surface area contributed by atoms with Crippen LogP contribution in [0.4, 0.5) is 0 Å². The molecule has 0 aliphatic heterocycles. The number of hydrogen-bond donors (Lipinski definition) is 0. The lowest BCUT2D eigenvalue weighted by Crippen LogP contribution is -1.51. The highest BCUT2D eigenvalue weighted by Crippen LogP contribution is 1.75. The van der Waals surface area contributed by atoms with Gasteiger partial charge in [0.05, 0.1) is 0 Å². The van der Waals surface area contributed by atoms with Crippen molar-refractivity contribution < 1.29 is 0 Å². The van der Waals surface area contributed by atoms with Crippen LogP contribution in [0, 0.1) is 12.2 Å². The molecule has 0 bridgehead atoms. The van der Waals surface area contributed by atoms with E-state index in [1.54, 1.807) is 0 Å². The minimum absolute atomic E-state index is 0.747. The zero-order valence-electron chi connectivity index (χ0n) is 3.99. The van der Waals surface area contributed by atoms with E-state index in [0.29, 0.717) is 0 Å². The minimum Gasteiger partial charge on any atom is -0.0952 e. The Morgan fingerprint density at radius 2 is 2.50 bits per heavy atom. The van der Waals surface area contributed by atoms with Gasteiger partial charge in [-0.15, -0.1) is 0 Å². The van der Waals surface area contributed by atoms with Crippen LogP contribution in [0.3, 0.4) is 0 Å². The van der Waals surface area contributed by atoms with E-state index in [9.17, 15) is 0 Å². The zero-order valence-corrected chi connectivity index (χ0v) is 3.99. The first-order valence-electron chi connectivity index (χ1n) is 1.93. The summed E-state index contributed by atoms with van der Waals surface area (Å²) in [6.45, 7) is 5.32. The molecular weight excluding hydrogens is 72.1 g/mol. The second-order valence-electron chi connectivity index (χ2n) is 0.920. The highest BCUT2D eigenvalue weighted by atomic mass is 13.6. The van der Waals surface area contributed by atoms with Gasteiger partial charge in [0.15, 0.2) is 0 Å². The molecule has 2 radical (unpaired) electrons. The van der Waals surface area contributed by atoms with Gasteiger partial charge in [0, 0.05) is 0 Å². The van der Waals surface area contributed by atoms with Crippen molar-refractivity contribution >= 4 is 0 Å². The molecular formula is C6H8. The van der Waals surface area contributed by atoms with Crippen LogP contribution in [0.15, 0.2) is 12.7 Å². The van der Waals surface area contributed by atoms with Gasteiger partial charge in [-0.05, 0) is 25.5 Å². The van der Waals surface area contributed by atoms with Crippen LogP contribution in [0.25, 0.3) is 0 Å². The van der Waals surface area contributed by atoms with E-state index < -0.39 is 0 Å². The normalized spacial score (nSPS) is 9.50. The van der Waals surface area contributed by atoms with Gasteiger partial charge >= 0.3 is 0 Å². The van der Waals surface area contributed by atoms with Crippen molar-refractivity contribution in [3.05, 3.63) is 24.8 Å². The van der Waals surface area contributed by atoms with Gasteiger partial charge in [0.2, 0.25) is 0 Å². The van der Waals surface area contributed by atoms with Crippen molar-refractivity contribution in [1.29, 1.82) is 0 Å². The van der Waals surface area contributed by atoms with E-state index in [-0.39, 0.29) is 0 Å². The van der Waals surface area contributed by atoms with Crippen LogP contribution in [-0.4, -0.2) is 0 Å². The number of allylic oxidation sites excluding steroid dienone is 3. The summed E-state index contributed by atoms with van der Waals surface area (Å²) in [7, 11) is 0. The van der Waals surface area contributed by atoms with E-state index in [2.05, 4.69) is 18.7 Å². The molecule has 6 heavy (non-hydrogen) atoms. The summed E-state index contributed by atoms with van der Waals surface area (Å²) in [6, 6.07) is 0. The first-order chi connectivity index (χ1) is 2.91. The van der Waals surface area contributed by atoms with Crippen molar-refractivity contribution in [1.82, 2.24) is 0 Å². The Hall–Kier alpha value is -0.520. The fourth-order valence-electron chi connectivity index (χ4n) is 0.174. The molecule has 0 atom stereocenters. The smallest absolute Gasteiger partial charge is 0.00295 e. The highest BCUT2D eigenvalue weighted by Gasteiger charge is 1.60. The van der Waals surface area contributed by atoms with Gasteiger partial charge < -0.3 is 0 Å². The Labute approximate surface area is 39.2 Å². The Bertz CT molecular complexity index is 51.1. The second kappa shape index (κ2) is 4.48. The molecule has 0 heterocycles. The van der Waals surface area contributed by atoms with Gasteiger partial charge in [-0.2, -0.15) is 0 Å². The van der Waals surface area contributed by atoms with E-state index in [4.69, 9.17) is 0 Å². The molecule has 0 nitrogen and oxygen atoms in total. The summed E-state index contributed by atoms with van der Waals surface area (Å²) in [5, 5.41) is 0. The van der Waals surface area contributed by atoms with Crippen LogP contribution < -0.4 is 0 Å². The quantitative estimate of drug-likeness (QED) is 0.474. The standard InChI is InChI=1S/C6H8/c1-3-5-6-4-2/h4H,1,5H2,2H3. The summed E-state index contributed by atoms with van der Waals surface area (Å²) in [6.07, 6.45) is 8.18. The SMILES string of the molecule is C=[C]C/[C]=C/C. The molecule has 0 amide bonds. The number of rotatable bonds is 2. The van der Waals surface area contributed by atoms with E-state index >= 15 is 0 Å². The average Bonchev–Trinajstić information content (AvgIpc) is 1.61. The predicted octanol–water partition coefficient (Wildman–Crippen LogP) is 1.74. The Morgan fingerprint density at radius 3 is 2.67 bits per heavy atom.